The van der Waals surface area contributed by atoms with Crippen molar-refractivity contribution in [2.45, 2.75) is 33.6 Å². The number of rotatable bonds is 7. The van der Waals surface area contributed by atoms with Gasteiger partial charge in [-0.1, -0.05) is 20.4 Å². The van der Waals surface area contributed by atoms with Crippen LogP contribution < -0.4 is 10.8 Å². The van der Waals surface area contributed by atoms with Crippen LogP contribution in [-0.2, 0) is 4.84 Å². The molecule has 2 unspecified atom stereocenters. The summed E-state index contributed by atoms with van der Waals surface area (Å²) in [5.41, 5.74) is 6.93. The zero-order valence-corrected chi connectivity index (χ0v) is 10.9. The molecule has 2 N–H and O–H groups in total. The first kappa shape index (κ1) is 13.1. The first-order valence-electron chi connectivity index (χ1n) is 6.08. The fourth-order valence-corrected chi connectivity index (χ4v) is 1.75. The maximum atomic E-state index is 5.32. The van der Waals surface area contributed by atoms with E-state index in [1.54, 1.807) is 0 Å². The SMILES string of the molecule is C=C(NC)C(C)C(C)C(NOCC)=C1CC1. The van der Waals surface area contributed by atoms with Crippen molar-refractivity contribution in [3.8, 4) is 0 Å². The third kappa shape index (κ3) is 3.27. The first-order valence-corrected chi connectivity index (χ1v) is 6.08. The maximum absolute atomic E-state index is 5.32. The molecule has 0 amide bonds. The predicted octanol–water partition coefficient (Wildman–Crippen LogP) is 2.58. The Bertz CT molecular complexity index is 278. The zero-order valence-electron chi connectivity index (χ0n) is 10.9. The molecule has 92 valence electrons. The van der Waals surface area contributed by atoms with Crippen LogP contribution in [0.5, 0.6) is 0 Å². The Labute approximate surface area is 98.9 Å². The van der Waals surface area contributed by atoms with Gasteiger partial charge in [-0.2, -0.15) is 0 Å². The van der Waals surface area contributed by atoms with Crippen LogP contribution in [0.25, 0.3) is 0 Å². The summed E-state index contributed by atoms with van der Waals surface area (Å²) in [6.07, 6.45) is 2.41. The lowest BCUT2D eigenvalue weighted by Crippen LogP contribution is -2.27. The van der Waals surface area contributed by atoms with Crippen LogP contribution in [-0.4, -0.2) is 13.7 Å². The molecule has 0 radical (unpaired) electrons. The van der Waals surface area contributed by atoms with Crippen LogP contribution in [0.15, 0.2) is 23.5 Å². The van der Waals surface area contributed by atoms with Gasteiger partial charge in [0.25, 0.3) is 0 Å². The molecule has 0 spiro atoms. The van der Waals surface area contributed by atoms with Gasteiger partial charge in [-0.3, -0.25) is 10.3 Å². The molecule has 0 heterocycles. The van der Waals surface area contributed by atoms with Gasteiger partial charge < -0.3 is 5.32 Å². The molecule has 0 aromatic carbocycles. The van der Waals surface area contributed by atoms with Crippen molar-refractivity contribution in [2.24, 2.45) is 11.8 Å². The molecular formula is C13H24N2O. The molecule has 0 aromatic rings. The molecule has 0 aliphatic heterocycles. The zero-order chi connectivity index (χ0) is 12.1. The lowest BCUT2D eigenvalue weighted by atomic mass is 9.90. The van der Waals surface area contributed by atoms with Gasteiger partial charge in [-0.25, -0.2) is 0 Å². The molecule has 3 heteroatoms. The van der Waals surface area contributed by atoms with Crippen molar-refractivity contribution < 1.29 is 4.84 Å². The predicted molar refractivity (Wildman–Crippen MR) is 67.5 cm³/mol. The molecular weight excluding hydrogens is 200 g/mol. The highest BCUT2D eigenvalue weighted by molar-refractivity contribution is 5.26. The van der Waals surface area contributed by atoms with Gasteiger partial charge >= 0.3 is 0 Å². The largest absolute Gasteiger partial charge is 0.392 e. The molecule has 1 saturated carbocycles. The van der Waals surface area contributed by atoms with Gasteiger partial charge in [0.1, 0.15) is 0 Å². The molecule has 2 atom stereocenters. The van der Waals surface area contributed by atoms with Crippen molar-refractivity contribution in [3.05, 3.63) is 23.5 Å². The molecule has 1 rings (SSSR count). The van der Waals surface area contributed by atoms with Crippen LogP contribution in [0.1, 0.15) is 33.6 Å². The highest BCUT2D eigenvalue weighted by Crippen LogP contribution is 2.36. The minimum absolute atomic E-state index is 0.404. The smallest absolute Gasteiger partial charge is 0.0717 e. The van der Waals surface area contributed by atoms with E-state index in [2.05, 4.69) is 31.2 Å². The summed E-state index contributed by atoms with van der Waals surface area (Å²) in [6, 6.07) is 0. The molecule has 0 bridgehead atoms. The second-order valence-corrected chi connectivity index (χ2v) is 4.40. The molecule has 1 aliphatic carbocycles. The summed E-state index contributed by atoms with van der Waals surface area (Å²) in [7, 11) is 1.92. The average Bonchev–Trinajstić information content (AvgIpc) is 3.11. The van der Waals surface area contributed by atoms with Gasteiger partial charge in [-0.15, -0.1) is 0 Å². The second kappa shape index (κ2) is 5.94. The Morgan fingerprint density at radius 2 is 2.00 bits per heavy atom. The lowest BCUT2D eigenvalue weighted by molar-refractivity contribution is 0.0637. The Balaban J connectivity index is 2.65. The van der Waals surface area contributed by atoms with Gasteiger partial charge in [0, 0.05) is 30.3 Å². The molecule has 0 aromatic heterocycles. The monoisotopic (exact) mass is 224 g/mol. The Morgan fingerprint density at radius 1 is 1.38 bits per heavy atom. The third-order valence-electron chi connectivity index (χ3n) is 3.28. The van der Waals surface area contributed by atoms with E-state index in [1.807, 2.05) is 14.0 Å². The van der Waals surface area contributed by atoms with E-state index < -0.39 is 0 Å². The number of allylic oxidation sites excluding steroid dienone is 3. The van der Waals surface area contributed by atoms with Crippen LogP contribution in [0.2, 0.25) is 0 Å². The van der Waals surface area contributed by atoms with Gasteiger partial charge in [0.15, 0.2) is 0 Å². The highest BCUT2D eigenvalue weighted by atomic mass is 16.6. The van der Waals surface area contributed by atoms with Crippen molar-refractivity contribution in [1.82, 2.24) is 10.8 Å². The van der Waals surface area contributed by atoms with E-state index in [-0.39, 0.29) is 0 Å². The van der Waals surface area contributed by atoms with Gasteiger partial charge in [0.05, 0.1) is 6.61 Å². The summed E-state index contributed by atoms with van der Waals surface area (Å²) in [5.74, 6) is 0.824. The number of nitrogens with one attached hydrogen (secondary N) is 2. The fourth-order valence-electron chi connectivity index (χ4n) is 1.75. The van der Waals surface area contributed by atoms with Crippen molar-refractivity contribution in [1.29, 1.82) is 0 Å². The topological polar surface area (TPSA) is 33.3 Å². The van der Waals surface area contributed by atoms with Crippen molar-refractivity contribution in [3.63, 3.8) is 0 Å². The summed E-state index contributed by atoms with van der Waals surface area (Å²) < 4.78 is 0. The van der Waals surface area contributed by atoms with Crippen molar-refractivity contribution >= 4 is 0 Å². The Morgan fingerprint density at radius 3 is 2.44 bits per heavy atom. The van der Waals surface area contributed by atoms with Crippen molar-refractivity contribution in [2.75, 3.05) is 13.7 Å². The lowest BCUT2D eigenvalue weighted by Gasteiger charge is -2.25. The molecule has 0 saturated heterocycles. The molecule has 3 nitrogen and oxygen atoms in total. The number of hydroxylamine groups is 1. The standard InChI is InChI=1S/C13H24N2O/c1-6-16-15-13(12-7-8-12)10(3)9(2)11(4)14-5/h9-10,14-15H,4,6-8H2,1-3,5H3. The minimum Gasteiger partial charge on any atom is -0.392 e. The van der Waals surface area contributed by atoms with Gasteiger partial charge in [-0.05, 0) is 25.3 Å². The third-order valence-corrected chi connectivity index (χ3v) is 3.28. The normalized spacial score (nSPS) is 17.6. The Hall–Kier alpha value is -0.960. The summed E-state index contributed by atoms with van der Waals surface area (Å²) in [4.78, 5) is 5.32. The van der Waals surface area contributed by atoms with E-state index in [0.29, 0.717) is 18.4 Å². The Kier molecular flexibility index (Phi) is 4.87. The number of hydrogen-bond acceptors (Lipinski definition) is 3. The molecule has 1 fully saturated rings. The van der Waals surface area contributed by atoms with Crippen LogP contribution in [0.4, 0.5) is 0 Å². The van der Waals surface area contributed by atoms with E-state index >= 15 is 0 Å². The van der Waals surface area contributed by atoms with E-state index in [0.717, 1.165) is 5.70 Å². The average molecular weight is 224 g/mol. The summed E-state index contributed by atoms with van der Waals surface area (Å²) in [6.45, 7) is 11.1. The van der Waals surface area contributed by atoms with Crippen LogP contribution >= 0.6 is 0 Å². The van der Waals surface area contributed by atoms with Gasteiger partial charge in [0.2, 0.25) is 0 Å². The second-order valence-electron chi connectivity index (χ2n) is 4.40. The quantitative estimate of drug-likeness (QED) is 0.652. The van der Waals surface area contributed by atoms with E-state index in [9.17, 15) is 0 Å². The molecule has 16 heavy (non-hydrogen) atoms. The number of hydrogen-bond donors (Lipinski definition) is 2. The maximum Gasteiger partial charge on any atom is 0.0717 e. The van der Waals surface area contributed by atoms with E-state index in [1.165, 1.54) is 24.1 Å². The minimum atomic E-state index is 0.404. The summed E-state index contributed by atoms with van der Waals surface area (Å²) in [5, 5.41) is 3.13. The van der Waals surface area contributed by atoms with Crippen LogP contribution in [0.3, 0.4) is 0 Å². The molecule has 1 aliphatic rings. The van der Waals surface area contributed by atoms with E-state index in [4.69, 9.17) is 4.84 Å². The fraction of sp³-hybridized carbons (Fsp3) is 0.692. The highest BCUT2D eigenvalue weighted by Gasteiger charge is 2.26. The van der Waals surface area contributed by atoms with Crippen LogP contribution in [0, 0.1) is 11.8 Å². The summed E-state index contributed by atoms with van der Waals surface area (Å²) >= 11 is 0. The first-order chi connectivity index (χ1) is 7.61.